The van der Waals surface area contributed by atoms with Gasteiger partial charge in [-0.05, 0) is 64.2 Å². The van der Waals surface area contributed by atoms with Crippen LogP contribution < -0.4 is 0 Å². The maximum Gasteiger partial charge on any atom is 0.306 e. The van der Waals surface area contributed by atoms with Crippen molar-refractivity contribution in [1.82, 2.24) is 0 Å². The molecule has 0 saturated carbocycles. The van der Waals surface area contributed by atoms with E-state index in [1.807, 2.05) is 0 Å². The van der Waals surface area contributed by atoms with Gasteiger partial charge in [0, 0.05) is 12.8 Å². The van der Waals surface area contributed by atoms with Crippen molar-refractivity contribution in [3.63, 3.8) is 0 Å². The van der Waals surface area contributed by atoms with Gasteiger partial charge in [-0.1, -0.05) is 153 Å². The highest BCUT2D eigenvalue weighted by molar-refractivity contribution is 5.70. The van der Waals surface area contributed by atoms with Crippen LogP contribution in [0.1, 0.15) is 194 Å². The van der Waals surface area contributed by atoms with E-state index >= 15 is 0 Å². The Balaban J connectivity index is 2.33. The van der Waals surface area contributed by atoms with Crippen molar-refractivity contribution in [3.05, 3.63) is 36.5 Å². The number of esters is 2. The first-order valence-corrected chi connectivity index (χ1v) is 23.1. The minimum absolute atomic E-state index is 0.222. The van der Waals surface area contributed by atoms with Gasteiger partial charge in [-0.2, -0.15) is 0 Å². The third-order valence-corrected chi connectivity index (χ3v) is 10.5. The largest absolute Gasteiger partial charge is 0.462 e. The van der Waals surface area contributed by atoms with E-state index in [-0.39, 0.29) is 26.1 Å². The second-order valence-corrected chi connectivity index (χ2v) is 15.9. The van der Waals surface area contributed by atoms with Crippen LogP contribution in [-0.4, -0.2) is 89.0 Å². The summed E-state index contributed by atoms with van der Waals surface area (Å²) in [5, 5.41) is 40.1. The van der Waals surface area contributed by atoms with Crippen LogP contribution in [0.25, 0.3) is 0 Å². The monoisotopic (exact) mass is 809 g/mol. The normalized spacial score (nSPS) is 20.6. The molecule has 1 fully saturated rings. The maximum atomic E-state index is 12.8. The first-order valence-electron chi connectivity index (χ1n) is 23.1. The summed E-state index contributed by atoms with van der Waals surface area (Å²) in [6, 6.07) is 0. The molecule has 1 aliphatic rings. The fraction of sp³-hybridized carbons (Fsp3) is 0.830. The summed E-state index contributed by atoms with van der Waals surface area (Å²) in [6.07, 6.45) is 35.7. The molecular weight excluding hydrogens is 725 g/mol. The molecule has 1 rings (SSSR count). The number of hydrogen-bond donors (Lipinski definition) is 4. The van der Waals surface area contributed by atoms with E-state index in [9.17, 15) is 30.0 Å². The highest BCUT2D eigenvalue weighted by atomic mass is 16.7. The molecule has 0 spiro atoms. The summed E-state index contributed by atoms with van der Waals surface area (Å²) < 4.78 is 22.2. The van der Waals surface area contributed by atoms with Crippen molar-refractivity contribution < 1.29 is 49.0 Å². The van der Waals surface area contributed by atoms with Gasteiger partial charge >= 0.3 is 11.9 Å². The summed E-state index contributed by atoms with van der Waals surface area (Å²) in [5.74, 6) is -0.827. The van der Waals surface area contributed by atoms with E-state index in [1.165, 1.54) is 89.9 Å². The van der Waals surface area contributed by atoms with E-state index in [0.29, 0.717) is 12.8 Å². The summed E-state index contributed by atoms with van der Waals surface area (Å²) in [7, 11) is 0. The van der Waals surface area contributed by atoms with Gasteiger partial charge in [0.25, 0.3) is 0 Å². The molecule has 1 heterocycles. The molecule has 1 aliphatic heterocycles. The molecule has 57 heavy (non-hydrogen) atoms. The van der Waals surface area contributed by atoms with Crippen molar-refractivity contribution in [2.75, 3.05) is 19.8 Å². The fourth-order valence-corrected chi connectivity index (χ4v) is 6.82. The summed E-state index contributed by atoms with van der Waals surface area (Å²) in [4.78, 5) is 25.3. The van der Waals surface area contributed by atoms with E-state index in [4.69, 9.17) is 18.9 Å². The van der Waals surface area contributed by atoms with Crippen LogP contribution in [0.3, 0.4) is 0 Å². The predicted molar refractivity (Wildman–Crippen MR) is 229 cm³/mol. The predicted octanol–water partition coefficient (Wildman–Crippen LogP) is 9.89. The van der Waals surface area contributed by atoms with Crippen LogP contribution in [0, 0.1) is 0 Å². The quantitative estimate of drug-likeness (QED) is 0.0205. The molecule has 0 amide bonds. The number of carbonyl (C=O) groups excluding carboxylic acids is 2. The molecular formula is C47H84O10. The molecule has 0 radical (unpaired) electrons. The minimum Gasteiger partial charge on any atom is -0.462 e. The van der Waals surface area contributed by atoms with Crippen LogP contribution in [0.4, 0.5) is 0 Å². The standard InChI is InChI=1S/C47H84O10/c1-3-5-7-9-11-13-15-17-19-20-22-24-26-28-30-32-34-36-43(50)56-40(39-55-47-46(53)45(52)44(51)41(37-48)57-47)38-54-42(49)35-33-31-29-27-25-23-21-18-16-14-12-10-8-6-4-2/h14,16-19,21,40-41,44-48,51-53H,3-13,15,20,22-39H2,1-2H3/b16-14+,19-17+,21-18+/t40-,41-,44+,45?,46?,47-/m1/s1. The Labute approximate surface area is 346 Å². The number of ether oxygens (including phenoxy) is 4. The molecule has 10 nitrogen and oxygen atoms in total. The van der Waals surface area contributed by atoms with Crippen molar-refractivity contribution in [1.29, 1.82) is 0 Å². The first-order chi connectivity index (χ1) is 27.8. The lowest BCUT2D eigenvalue weighted by atomic mass is 9.99. The number of hydrogen-bond acceptors (Lipinski definition) is 10. The molecule has 2 unspecified atom stereocenters. The zero-order chi connectivity index (χ0) is 41.6. The Bertz CT molecular complexity index is 1030. The third-order valence-electron chi connectivity index (χ3n) is 10.5. The zero-order valence-corrected chi connectivity index (χ0v) is 36.1. The summed E-state index contributed by atoms with van der Waals surface area (Å²) in [5.41, 5.74) is 0. The molecule has 0 bridgehead atoms. The van der Waals surface area contributed by atoms with Gasteiger partial charge in [0.05, 0.1) is 13.2 Å². The van der Waals surface area contributed by atoms with Crippen molar-refractivity contribution in [2.24, 2.45) is 0 Å². The molecule has 10 heteroatoms. The topological polar surface area (TPSA) is 152 Å². The number of carbonyl (C=O) groups is 2. The highest BCUT2D eigenvalue weighted by Gasteiger charge is 2.44. The highest BCUT2D eigenvalue weighted by Crippen LogP contribution is 2.22. The molecule has 0 aromatic carbocycles. The smallest absolute Gasteiger partial charge is 0.306 e. The zero-order valence-electron chi connectivity index (χ0n) is 36.1. The van der Waals surface area contributed by atoms with Gasteiger partial charge in [0.2, 0.25) is 0 Å². The summed E-state index contributed by atoms with van der Waals surface area (Å²) in [6.45, 7) is 3.38. The van der Waals surface area contributed by atoms with Crippen LogP contribution in [0.15, 0.2) is 36.5 Å². The Morgan fingerprint density at radius 2 is 0.982 bits per heavy atom. The van der Waals surface area contributed by atoms with Gasteiger partial charge in [0.15, 0.2) is 12.4 Å². The lowest BCUT2D eigenvalue weighted by molar-refractivity contribution is -0.305. The number of unbranched alkanes of at least 4 members (excludes halogenated alkanes) is 22. The molecule has 0 aromatic rings. The third kappa shape index (κ3) is 29.7. The van der Waals surface area contributed by atoms with Crippen molar-refractivity contribution in [2.45, 2.75) is 230 Å². The van der Waals surface area contributed by atoms with Gasteiger partial charge in [0.1, 0.15) is 31.0 Å². The van der Waals surface area contributed by atoms with E-state index in [1.54, 1.807) is 0 Å². The maximum absolute atomic E-state index is 12.8. The van der Waals surface area contributed by atoms with Crippen molar-refractivity contribution in [3.8, 4) is 0 Å². The second-order valence-electron chi connectivity index (χ2n) is 15.9. The number of rotatable bonds is 38. The van der Waals surface area contributed by atoms with Crippen LogP contribution in [0.5, 0.6) is 0 Å². The van der Waals surface area contributed by atoms with Crippen LogP contribution >= 0.6 is 0 Å². The molecule has 0 aliphatic carbocycles. The second kappa shape index (κ2) is 38.1. The Hall–Kier alpha value is -2.08. The molecule has 0 aromatic heterocycles. The van der Waals surface area contributed by atoms with Gasteiger partial charge in [-0.3, -0.25) is 9.59 Å². The van der Waals surface area contributed by atoms with Gasteiger partial charge in [-0.25, -0.2) is 0 Å². The van der Waals surface area contributed by atoms with Gasteiger partial charge < -0.3 is 39.4 Å². The average molecular weight is 809 g/mol. The number of aliphatic hydroxyl groups is 4. The molecule has 332 valence electrons. The Kier molecular flexibility index (Phi) is 35.4. The van der Waals surface area contributed by atoms with Gasteiger partial charge in [-0.15, -0.1) is 0 Å². The molecule has 1 saturated heterocycles. The van der Waals surface area contributed by atoms with Crippen molar-refractivity contribution >= 4 is 11.9 Å². The van der Waals surface area contributed by atoms with Crippen LogP contribution in [0.2, 0.25) is 0 Å². The van der Waals surface area contributed by atoms with E-state index < -0.39 is 55.4 Å². The fourth-order valence-electron chi connectivity index (χ4n) is 6.82. The molecule has 4 N–H and O–H groups in total. The number of allylic oxidation sites excluding steroid dienone is 6. The average Bonchev–Trinajstić information content (AvgIpc) is 3.21. The van der Waals surface area contributed by atoms with E-state index in [0.717, 1.165) is 64.2 Å². The Morgan fingerprint density at radius 3 is 1.49 bits per heavy atom. The minimum atomic E-state index is -1.60. The lowest BCUT2D eigenvalue weighted by Gasteiger charge is -2.39. The first kappa shape index (κ1) is 52.9. The summed E-state index contributed by atoms with van der Waals surface area (Å²) >= 11 is 0. The number of aliphatic hydroxyl groups excluding tert-OH is 4. The SMILES string of the molecule is CCCCCC/C=C/C=C/CCCCCCCC(=O)OC[C@H](CO[C@@H]1O[C@H](CO)[C@H](O)C(O)C1O)OC(=O)CCCCCCCCC/C=C/CCCCCCCC. The Morgan fingerprint density at radius 1 is 0.544 bits per heavy atom. The molecule has 6 atom stereocenters. The van der Waals surface area contributed by atoms with E-state index in [2.05, 4.69) is 50.3 Å². The van der Waals surface area contributed by atoms with Crippen LogP contribution in [-0.2, 0) is 28.5 Å². The lowest BCUT2D eigenvalue weighted by Crippen LogP contribution is -2.59.